The van der Waals surface area contributed by atoms with Gasteiger partial charge < -0.3 is 4.42 Å². The third kappa shape index (κ3) is 1.91. The maximum atomic E-state index is 5.54. The normalized spacial score (nSPS) is 13.4. The molecule has 0 aliphatic carbocycles. The van der Waals surface area contributed by atoms with Crippen LogP contribution in [0.4, 0.5) is 0 Å². The van der Waals surface area contributed by atoms with Crippen LogP contribution in [0.25, 0.3) is 11.1 Å². The molecular weight excluding hydrogens is 230 g/mol. The third-order valence-electron chi connectivity index (χ3n) is 1.79. The Morgan fingerprint density at radius 2 is 2.23 bits per heavy atom. The summed E-state index contributed by atoms with van der Waals surface area (Å²) in [4.78, 5) is 4.76. The lowest BCUT2D eigenvalue weighted by Crippen LogP contribution is -1.95. The third-order valence-corrected chi connectivity index (χ3v) is 2.12. The van der Waals surface area contributed by atoms with Crippen molar-refractivity contribution in [1.82, 2.24) is 4.98 Å². The second kappa shape index (κ2) is 3.50. The summed E-state index contributed by atoms with van der Waals surface area (Å²) in [5.41, 5.74) is 1.80. The van der Waals surface area contributed by atoms with E-state index in [-0.39, 0.29) is 0 Å². The minimum absolute atomic E-state index is 0.403. The number of fused-ring (bicyclic) bond motifs is 1. The van der Waals surface area contributed by atoms with Crippen LogP contribution in [0.2, 0.25) is 0 Å². The maximum Gasteiger partial charge on any atom is 0.196 e. The average Bonchev–Trinajstić information content (AvgIpc) is 2.44. The van der Waals surface area contributed by atoms with Gasteiger partial charge in [0.05, 0.1) is 0 Å². The van der Waals surface area contributed by atoms with Crippen molar-refractivity contribution < 1.29 is 4.42 Å². The highest BCUT2D eigenvalue weighted by Crippen LogP contribution is 2.17. The molecule has 2 aromatic rings. The fourth-order valence-electron chi connectivity index (χ4n) is 1.25. The molecule has 0 amide bonds. The van der Waals surface area contributed by atoms with Gasteiger partial charge in [-0.2, -0.15) is 0 Å². The Kier molecular flexibility index (Phi) is 2.36. The second-order valence-corrected chi connectivity index (χ2v) is 4.62. The maximum absolute atomic E-state index is 5.54. The second-order valence-electron chi connectivity index (χ2n) is 3.06. The van der Waals surface area contributed by atoms with E-state index < -0.39 is 0 Å². The minimum atomic E-state index is 0.403. The van der Waals surface area contributed by atoms with E-state index in [0.29, 0.717) is 4.83 Å². The molecular formula is C10H10BrNO. The van der Waals surface area contributed by atoms with E-state index in [4.69, 9.17) is 4.42 Å². The fraction of sp³-hybridized carbons (Fsp3) is 0.300. The average molecular weight is 240 g/mol. The molecule has 0 fully saturated rings. The highest BCUT2D eigenvalue weighted by molar-refractivity contribution is 9.09. The van der Waals surface area contributed by atoms with Crippen LogP contribution in [0, 0.1) is 0 Å². The van der Waals surface area contributed by atoms with Crippen LogP contribution in [0.3, 0.4) is 0 Å². The van der Waals surface area contributed by atoms with Gasteiger partial charge in [0.25, 0.3) is 0 Å². The van der Waals surface area contributed by atoms with Crippen molar-refractivity contribution in [1.29, 1.82) is 0 Å². The zero-order chi connectivity index (χ0) is 9.26. The highest BCUT2D eigenvalue weighted by Gasteiger charge is 2.06. The molecule has 0 saturated heterocycles. The van der Waals surface area contributed by atoms with E-state index in [1.807, 2.05) is 24.3 Å². The Balaban J connectivity index is 2.38. The van der Waals surface area contributed by atoms with Gasteiger partial charge in [-0.1, -0.05) is 35.0 Å². The first-order chi connectivity index (χ1) is 6.25. The Morgan fingerprint density at radius 3 is 2.92 bits per heavy atom. The Labute approximate surface area is 85.1 Å². The van der Waals surface area contributed by atoms with Crippen LogP contribution < -0.4 is 0 Å². The van der Waals surface area contributed by atoms with Crippen molar-refractivity contribution in [2.24, 2.45) is 0 Å². The van der Waals surface area contributed by atoms with Gasteiger partial charge in [0.15, 0.2) is 11.5 Å². The predicted molar refractivity (Wildman–Crippen MR) is 56.1 cm³/mol. The van der Waals surface area contributed by atoms with Gasteiger partial charge in [0, 0.05) is 11.2 Å². The van der Waals surface area contributed by atoms with E-state index in [1.54, 1.807) is 0 Å². The zero-order valence-corrected chi connectivity index (χ0v) is 8.91. The molecule has 0 aliphatic heterocycles. The van der Waals surface area contributed by atoms with Crippen molar-refractivity contribution in [3.63, 3.8) is 0 Å². The number of hydrogen-bond donors (Lipinski definition) is 0. The van der Waals surface area contributed by atoms with Crippen LogP contribution in [0.5, 0.6) is 0 Å². The minimum Gasteiger partial charge on any atom is -0.441 e. The number of halogens is 1. The van der Waals surface area contributed by atoms with Gasteiger partial charge in [-0.25, -0.2) is 4.98 Å². The van der Waals surface area contributed by atoms with Gasteiger partial charge >= 0.3 is 0 Å². The molecule has 1 aromatic carbocycles. The number of benzene rings is 1. The molecule has 0 bridgehead atoms. The number of hydrogen-bond acceptors (Lipinski definition) is 2. The van der Waals surface area contributed by atoms with Crippen molar-refractivity contribution in [3.8, 4) is 0 Å². The summed E-state index contributed by atoms with van der Waals surface area (Å²) < 4.78 is 5.54. The highest BCUT2D eigenvalue weighted by atomic mass is 79.9. The van der Waals surface area contributed by atoms with Crippen molar-refractivity contribution in [2.45, 2.75) is 18.2 Å². The van der Waals surface area contributed by atoms with E-state index in [2.05, 4.69) is 27.8 Å². The van der Waals surface area contributed by atoms with E-state index in [9.17, 15) is 0 Å². The van der Waals surface area contributed by atoms with Gasteiger partial charge in [0.1, 0.15) is 5.52 Å². The first kappa shape index (κ1) is 8.75. The SMILES string of the molecule is CC(Br)Cc1nc2ccccc2o1. The van der Waals surface area contributed by atoms with Gasteiger partial charge in [-0.05, 0) is 12.1 Å². The number of para-hydroxylation sites is 2. The fourth-order valence-corrected chi connectivity index (χ4v) is 1.52. The number of alkyl halides is 1. The quantitative estimate of drug-likeness (QED) is 0.753. The molecule has 0 radical (unpaired) electrons. The molecule has 1 unspecified atom stereocenters. The van der Waals surface area contributed by atoms with Crippen molar-refractivity contribution in [2.75, 3.05) is 0 Å². The largest absolute Gasteiger partial charge is 0.441 e. The molecule has 2 nitrogen and oxygen atoms in total. The summed E-state index contributed by atoms with van der Waals surface area (Å²) >= 11 is 3.47. The van der Waals surface area contributed by atoms with Gasteiger partial charge in [-0.3, -0.25) is 0 Å². The van der Waals surface area contributed by atoms with Crippen molar-refractivity contribution >= 4 is 27.0 Å². The van der Waals surface area contributed by atoms with Crippen LogP contribution in [-0.2, 0) is 6.42 Å². The van der Waals surface area contributed by atoms with Crippen LogP contribution in [0.15, 0.2) is 28.7 Å². The topological polar surface area (TPSA) is 26.0 Å². The number of rotatable bonds is 2. The summed E-state index contributed by atoms with van der Waals surface area (Å²) in [7, 11) is 0. The molecule has 0 aliphatic rings. The van der Waals surface area contributed by atoms with E-state index >= 15 is 0 Å². The molecule has 68 valence electrons. The van der Waals surface area contributed by atoms with Crippen molar-refractivity contribution in [3.05, 3.63) is 30.2 Å². The first-order valence-corrected chi connectivity index (χ1v) is 5.16. The van der Waals surface area contributed by atoms with Crippen LogP contribution in [-0.4, -0.2) is 9.81 Å². The smallest absolute Gasteiger partial charge is 0.196 e. The molecule has 1 aromatic heterocycles. The lowest BCUT2D eigenvalue weighted by Gasteiger charge is -1.95. The molecule has 1 atom stereocenters. The molecule has 3 heteroatoms. The standard InChI is InChI=1S/C10H10BrNO/c1-7(11)6-10-12-8-4-2-3-5-9(8)13-10/h2-5,7H,6H2,1H3. The summed E-state index contributed by atoms with van der Waals surface area (Å²) in [5.74, 6) is 0.797. The number of oxazole rings is 1. The Bertz CT molecular complexity index is 375. The van der Waals surface area contributed by atoms with Gasteiger partial charge in [0.2, 0.25) is 0 Å². The molecule has 0 spiro atoms. The van der Waals surface area contributed by atoms with E-state index in [0.717, 1.165) is 23.4 Å². The monoisotopic (exact) mass is 239 g/mol. The molecule has 0 saturated carbocycles. The zero-order valence-electron chi connectivity index (χ0n) is 7.33. The van der Waals surface area contributed by atoms with Crippen LogP contribution >= 0.6 is 15.9 Å². The Hall–Kier alpha value is -0.830. The lowest BCUT2D eigenvalue weighted by atomic mass is 10.3. The van der Waals surface area contributed by atoms with Crippen LogP contribution in [0.1, 0.15) is 12.8 Å². The first-order valence-electron chi connectivity index (χ1n) is 4.24. The molecule has 2 rings (SSSR count). The molecule has 13 heavy (non-hydrogen) atoms. The molecule has 0 N–H and O–H groups in total. The van der Waals surface area contributed by atoms with E-state index in [1.165, 1.54) is 0 Å². The Morgan fingerprint density at radius 1 is 1.46 bits per heavy atom. The summed E-state index contributed by atoms with van der Waals surface area (Å²) in [6.45, 7) is 2.08. The summed E-state index contributed by atoms with van der Waals surface area (Å²) in [6, 6.07) is 7.81. The number of nitrogens with zero attached hydrogens (tertiary/aromatic N) is 1. The lowest BCUT2D eigenvalue weighted by molar-refractivity contribution is 0.529. The van der Waals surface area contributed by atoms with Gasteiger partial charge in [-0.15, -0.1) is 0 Å². The predicted octanol–water partition coefficient (Wildman–Crippen LogP) is 3.15. The summed E-state index contributed by atoms with van der Waals surface area (Å²) in [6.07, 6.45) is 0.828. The number of aromatic nitrogens is 1. The summed E-state index contributed by atoms with van der Waals surface area (Å²) in [5, 5.41) is 0. The molecule has 1 heterocycles.